The van der Waals surface area contributed by atoms with Crippen LogP contribution in [0.5, 0.6) is 0 Å². The van der Waals surface area contributed by atoms with Crippen LogP contribution in [0.4, 0.5) is 5.82 Å². The van der Waals surface area contributed by atoms with Crippen molar-refractivity contribution >= 4 is 35.8 Å². The number of anilines is 1. The van der Waals surface area contributed by atoms with Crippen LogP contribution in [0.2, 0.25) is 0 Å². The smallest absolute Gasteiger partial charge is 0.191 e. The Bertz CT molecular complexity index is 565. The molecule has 1 aromatic rings. The van der Waals surface area contributed by atoms with E-state index in [9.17, 15) is 0 Å². The fraction of sp³-hybridized carbons (Fsp3) is 0.684. The van der Waals surface area contributed by atoms with Crippen molar-refractivity contribution in [3.8, 4) is 0 Å². The molecular weight excluding hydrogens is 439 g/mol. The largest absolute Gasteiger partial charge is 0.357 e. The maximum absolute atomic E-state index is 4.79. The van der Waals surface area contributed by atoms with Crippen molar-refractivity contribution in [2.45, 2.75) is 45.2 Å². The average Bonchev–Trinajstić information content (AvgIpc) is 3.14. The molecule has 0 spiro atoms. The molecule has 2 N–H and O–H groups in total. The third-order valence-corrected chi connectivity index (χ3v) is 5.10. The molecule has 1 aromatic heterocycles. The third-order valence-electron chi connectivity index (χ3n) is 5.10. The van der Waals surface area contributed by atoms with Crippen molar-refractivity contribution in [3.63, 3.8) is 0 Å². The van der Waals surface area contributed by atoms with Crippen molar-refractivity contribution in [2.75, 3.05) is 44.7 Å². The molecule has 2 heterocycles. The van der Waals surface area contributed by atoms with E-state index < -0.39 is 0 Å². The van der Waals surface area contributed by atoms with Crippen LogP contribution in [0.3, 0.4) is 0 Å². The summed E-state index contributed by atoms with van der Waals surface area (Å²) in [7, 11) is 2.18. The predicted octanol–water partition coefficient (Wildman–Crippen LogP) is 2.45. The van der Waals surface area contributed by atoms with Crippen LogP contribution >= 0.6 is 24.0 Å². The zero-order chi connectivity index (χ0) is 17.5. The topological polar surface area (TPSA) is 55.8 Å². The van der Waals surface area contributed by atoms with Gasteiger partial charge in [0, 0.05) is 45.0 Å². The number of hydrogen-bond acceptors (Lipinski definition) is 4. The molecule has 1 saturated carbocycles. The lowest BCUT2D eigenvalue weighted by Gasteiger charge is -2.33. The SMILES string of the molecule is CCNC(=NCc1ccnc(N2CCN(C)CC2)c1)NC1CCCC1.I. The molecule has 0 atom stereocenters. The summed E-state index contributed by atoms with van der Waals surface area (Å²) in [6, 6.07) is 4.84. The molecule has 2 fully saturated rings. The first-order valence-corrected chi connectivity index (χ1v) is 9.68. The van der Waals surface area contributed by atoms with Crippen LogP contribution in [0, 0.1) is 0 Å². The molecule has 0 radical (unpaired) electrons. The molecule has 26 heavy (non-hydrogen) atoms. The first-order valence-electron chi connectivity index (χ1n) is 9.68. The number of nitrogens with one attached hydrogen (secondary N) is 2. The van der Waals surface area contributed by atoms with Gasteiger partial charge in [0.2, 0.25) is 0 Å². The van der Waals surface area contributed by atoms with Gasteiger partial charge in [0.1, 0.15) is 5.82 Å². The molecular formula is C19H33IN6. The molecule has 1 aliphatic heterocycles. The highest BCUT2D eigenvalue weighted by Gasteiger charge is 2.17. The fourth-order valence-corrected chi connectivity index (χ4v) is 3.52. The molecule has 0 amide bonds. The third kappa shape index (κ3) is 6.26. The van der Waals surface area contributed by atoms with E-state index in [1.54, 1.807) is 0 Å². The van der Waals surface area contributed by atoms with Crippen LogP contribution in [0.25, 0.3) is 0 Å². The quantitative estimate of drug-likeness (QED) is 0.392. The highest BCUT2D eigenvalue weighted by atomic mass is 127. The van der Waals surface area contributed by atoms with Crippen LogP contribution in [-0.4, -0.2) is 61.7 Å². The lowest BCUT2D eigenvalue weighted by Crippen LogP contribution is -2.44. The number of piperazine rings is 1. The summed E-state index contributed by atoms with van der Waals surface area (Å²) in [5.74, 6) is 2.02. The summed E-state index contributed by atoms with van der Waals surface area (Å²) < 4.78 is 0. The maximum atomic E-state index is 4.79. The van der Waals surface area contributed by atoms with E-state index in [2.05, 4.69) is 51.5 Å². The van der Waals surface area contributed by atoms with Crippen LogP contribution in [-0.2, 0) is 6.54 Å². The second-order valence-corrected chi connectivity index (χ2v) is 7.13. The van der Waals surface area contributed by atoms with Crippen molar-refractivity contribution < 1.29 is 0 Å². The number of rotatable bonds is 5. The minimum Gasteiger partial charge on any atom is -0.357 e. The standard InChI is InChI=1S/C19H32N6.HI/c1-3-20-19(23-17-6-4-5-7-17)22-15-16-8-9-21-18(14-16)25-12-10-24(2)11-13-25;/h8-9,14,17H,3-7,10-13,15H2,1-2H3,(H2,20,22,23);1H. The van der Waals surface area contributed by atoms with E-state index in [-0.39, 0.29) is 24.0 Å². The molecule has 7 heteroatoms. The van der Waals surface area contributed by atoms with E-state index in [1.165, 1.54) is 31.2 Å². The number of aromatic nitrogens is 1. The van der Waals surface area contributed by atoms with E-state index in [4.69, 9.17) is 4.99 Å². The summed E-state index contributed by atoms with van der Waals surface area (Å²) in [5.41, 5.74) is 1.22. The highest BCUT2D eigenvalue weighted by Crippen LogP contribution is 2.18. The van der Waals surface area contributed by atoms with Crippen LogP contribution in [0.1, 0.15) is 38.2 Å². The van der Waals surface area contributed by atoms with Gasteiger partial charge in [-0.1, -0.05) is 12.8 Å². The molecule has 2 aliphatic rings. The number of hydrogen-bond donors (Lipinski definition) is 2. The molecule has 0 bridgehead atoms. The zero-order valence-corrected chi connectivity index (χ0v) is 18.4. The van der Waals surface area contributed by atoms with Crippen molar-refractivity contribution in [1.82, 2.24) is 20.5 Å². The Labute approximate surface area is 174 Å². The van der Waals surface area contributed by atoms with Gasteiger partial charge in [-0.05, 0) is 44.5 Å². The van der Waals surface area contributed by atoms with Crippen molar-refractivity contribution in [1.29, 1.82) is 0 Å². The first-order chi connectivity index (χ1) is 12.2. The molecule has 3 rings (SSSR count). The monoisotopic (exact) mass is 472 g/mol. The van der Waals surface area contributed by atoms with E-state index in [0.29, 0.717) is 12.6 Å². The zero-order valence-electron chi connectivity index (χ0n) is 16.1. The van der Waals surface area contributed by atoms with E-state index >= 15 is 0 Å². The summed E-state index contributed by atoms with van der Waals surface area (Å²) >= 11 is 0. The molecule has 0 unspecified atom stereocenters. The molecule has 1 aliphatic carbocycles. The normalized spacial score (nSPS) is 19.3. The lowest BCUT2D eigenvalue weighted by molar-refractivity contribution is 0.312. The van der Waals surface area contributed by atoms with Gasteiger partial charge in [-0.15, -0.1) is 24.0 Å². The summed E-state index contributed by atoms with van der Waals surface area (Å²) in [4.78, 5) is 14.1. The van der Waals surface area contributed by atoms with Gasteiger partial charge in [0.15, 0.2) is 5.96 Å². The van der Waals surface area contributed by atoms with Crippen molar-refractivity contribution in [3.05, 3.63) is 23.9 Å². The Balaban J connectivity index is 0.00000243. The van der Waals surface area contributed by atoms with Crippen molar-refractivity contribution in [2.24, 2.45) is 4.99 Å². The van der Waals surface area contributed by atoms with E-state index in [0.717, 1.165) is 44.5 Å². The minimum atomic E-state index is 0. The molecule has 0 aromatic carbocycles. The summed E-state index contributed by atoms with van der Waals surface area (Å²) in [6.45, 7) is 7.97. The number of halogens is 1. The summed E-state index contributed by atoms with van der Waals surface area (Å²) in [5, 5.41) is 6.95. The predicted molar refractivity (Wildman–Crippen MR) is 120 cm³/mol. The number of pyridine rings is 1. The second kappa shape index (κ2) is 10.9. The minimum absolute atomic E-state index is 0. The second-order valence-electron chi connectivity index (χ2n) is 7.13. The van der Waals surface area contributed by atoms with Gasteiger partial charge in [0.05, 0.1) is 6.54 Å². The molecule has 1 saturated heterocycles. The van der Waals surface area contributed by atoms with Gasteiger partial charge in [-0.3, -0.25) is 0 Å². The Morgan fingerprint density at radius 3 is 2.65 bits per heavy atom. The average molecular weight is 472 g/mol. The Hall–Kier alpha value is -1.09. The number of aliphatic imine (C=N–C) groups is 1. The lowest BCUT2D eigenvalue weighted by atomic mass is 10.2. The molecule has 6 nitrogen and oxygen atoms in total. The highest BCUT2D eigenvalue weighted by molar-refractivity contribution is 14.0. The van der Waals surface area contributed by atoms with Gasteiger partial charge in [-0.2, -0.15) is 0 Å². The first kappa shape index (κ1) is 21.2. The van der Waals surface area contributed by atoms with E-state index in [1.807, 2.05) is 6.20 Å². The Kier molecular flexibility index (Phi) is 8.90. The Morgan fingerprint density at radius 2 is 1.96 bits per heavy atom. The fourth-order valence-electron chi connectivity index (χ4n) is 3.52. The maximum Gasteiger partial charge on any atom is 0.191 e. The summed E-state index contributed by atoms with van der Waals surface area (Å²) in [6.07, 6.45) is 7.09. The number of likely N-dealkylation sites (N-methyl/N-ethyl adjacent to an activating group) is 1. The van der Waals surface area contributed by atoms with Crippen LogP contribution in [0.15, 0.2) is 23.3 Å². The van der Waals surface area contributed by atoms with Gasteiger partial charge in [0.25, 0.3) is 0 Å². The van der Waals surface area contributed by atoms with Gasteiger partial charge >= 0.3 is 0 Å². The van der Waals surface area contributed by atoms with Gasteiger partial charge < -0.3 is 20.4 Å². The molecule has 146 valence electrons. The van der Waals surface area contributed by atoms with Gasteiger partial charge in [-0.25, -0.2) is 9.98 Å². The number of guanidine groups is 1. The van der Waals surface area contributed by atoms with Crippen LogP contribution < -0.4 is 15.5 Å². The number of nitrogens with zero attached hydrogens (tertiary/aromatic N) is 4. The Morgan fingerprint density at radius 1 is 1.23 bits per heavy atom.